The zero-order chi connectivity index (χ0) is 23.3. The molecule has 0 saturated carbocycles. The molecule has 5 N–H and O–H groups in total. The molecule has 32 heavy (non-hydrogen) atoms. The van der Waals surface area contributed by atoms with E-state index in [1.165, 1.54) is 18.2 Å². The normalized spacial score (nSPS) is 19.9. The Morgan fingerprint density at radius 2 is 1.81 bits per heavy atom. The van der Waals surface area contributed by atoms with E-state index in [-0.39, 0.29) is 11.7 Å². The number of carbonyl (C=O) groups is 1. The number of aliphatic hydroxyl groups is 5. The molecule has 1 aliphatic rings. The third-order valence-corrected chi connectivity index (χ3v) is 5.73. The van der Waals surface area contributed by atoms with Gasteiger partial charge in [0.1, 0.15) is 36.3 Å². The summed E-state index contributed by atoms with van der Waals surface area (Å²) >= 11 is 6.29. The van der Waals surface area contributed by atoms with Crippen molar-refractivity contribution >= 4 is 17.4 Å². The first-order chi connectivity index (χ1) is 15.3. The number of carbonyl (C=O) groups excluding carboxylic acids is 1. The first-order valence-corrected chi connectivity index (χ1v) is 10.7. The molecule has 0 radical (unpaired) electrons. The fourth-order valence-electron chi connectivity index (χ4n) is 3.42. The van der Waals surface area contributed by atoms with Crippen LogP contribution in [0.2, 0.25) is 5.02 Å². The smallest absolute Gasteiger partial charge is 0.194 e. The topological polar surface area (TPSA) is 137 Å². The maximum Gasteiger partial charge on any atom is 0.194 e. The minimum absolute atomic E-state index is 0.0526. The van der Waals surface area contributed by atoms with Gasteiger partial charge in [-0.05, 0) is 47.9 Å². The van der Waals surface area contributed by atoms with Crippen LogP contribution >= 0.6 is 11.6 Å². The standard InChI is InChI=1S/C23H27ClO8/c24-18-6-3-14(20(27)22(29)23(30)21(28)19(26)11-25)10-15(18)9-13-1-4-16(5-2-13)32-17-7-8-31-12-17/h1-6,10,17,19,21-23,25-26,28-30H,7-9,11-12H2/t17-,19+,21+,22-,23-/m0/s1. The summed E-state index contributed by atoms with van der Waals surface area (Å²) in [5, 5.41) is 48.6. The molecule has 8 nitrogen and oxygen atoms in total. The minimum atomic E-state index is -1.99. The van der Waals surface area contributed by atoms with Gasteiger partial charge in [-0.15, -0.1) is 0 Å². The molecule has 0 aromatic heterocycles. The van der Waals surface area contributed by atoms with Gasteiger partial charge in [0.15, 0.2) is 5.78 Å². The maximum atomic E-state index is 12.6. The molecule has 5 atom stereocenters. The van der Waals surface area contributed by atoms with Crippen molar-refractivity contribution in [1.82, 2.24) is 0 Å². The van der Waals surface area contributed by atoms with Crippen LogP contribution < -0.4 is 4.74 Å². The SMILES string of the molecule is O=C(c1ccc(Cl)c(Cc2ccc(O[C@H]3CCOC3)cc2)c1)[C@H](O)[C@@H](O)[C@H](O)[C@H](O)CO. The van der Waals surface area contributed by atoms with Crippen LogP contribution in [-0.2, 0) is 11.2 Å². The maximum absolute atomic E-state index is 12.6. The molecule has 0 bridgehead atoms. The highest BCUT2D eigenvalue weighted by molar-refractivity contribution is 6.31. The number of ketones is 1. The Bertz CT molecular complexity index is 897. The molecule has 0 spiro atoms. The summed E-state index contributed by atoms with van der Waals surface area (Å²) in [5.74, 6) is -0.109. The van der Waals surface area contributed by atoms with E-state index in [0.29, 0.717) is 30.2 Å². The second-order valence-corrected chi connectivity index (χ2v) is 8.18. The van der Waals surface area contributed by atoms with Crippen LogP contribution in [0.1, 0.15) is 27.9 Å². The number of hydrogen-bond acceptors (Lipinski definition) is 8. The minimum Gasteiger partial charge on any atom is -0.488 e. The summed E-state index contributed by atoms with van der Waals surface area (Å²) in [6.07, 6.45) is -6.22. The Labute approximate surface area is 190 Å². The monoisotopic (exact) mass is 466 g/mol. The van der Waals surface area contributed by atoms with Crippen LogP contribution in [0.4, 0.5) is 0 Å². The molecule has 2 aromatic carbocycles. The van der Waals surface area contributed by atoms with Crippen molar-refractivity contribution in [2.45, 2.75) is 43.4 Å². The van der Waals surface area contributed by atoms with Gasteiger partial charge in [-0.1, -0.05) is 23.7 Å². The van der Waals surface area contributed by atoms with Crippen molar-refractivity contribution in [2.24, 2.45) is 0 Å². The lowest BCUT2D eigenvalue weighted by atomic mass is 9.94. The summed E-state index contributed by atoms with van der Waals surface area (Å²) < 4.78 is 11.1. The molecule has 1 fully saturated rings. The Hall–Kier alpha value is -2.04. The lowest BCUT2D eigenvalue weighted by Crippen LogP contribution is -2.48. The second kappa shape index (κ2) is 11.2. The number of benzene rings is 2. The van der Waals surface area contributed by atoms with Crippen molar-refractivity contribution in [1.29, 1.82) is 0 Å². The predicted octanol–water partition coefficient (Wildman–Crippen LogP) is 0.717. The van der Waals surface area contributed by atoms with E-state index in [1.54, 1.807) is 0 Å². The summed E-state index contributed by atoms with van der Waals surface area (Å²) in [5.41, 5.74) is 1.64. The zero-order valence-electron chi connectivity index (χ0n) is 17.3. The Kier molecular flexibility index (Phi) is 8.61. The third-order valence-electron chi connectivity index (χ3n) is 5.36. The van der Waals surface area contributed by atoms with Gasteiger partial charge in [0.05, 0.1) is 19.8 Å². The van der Waals surface area contributed by atoms with Gasteiger partial charge in [-0.2, -0.15) is 0 Å². The number of rotatable bonds is 10. The molecule has 0 unspecified atom stereocenters. The van der Waals surface area contributed by atoms with Crippen LogP contribution in [0.3, 0.4) is 0 Å². The van der Waals surface area contributed by atoms with Gasteiger partial charge >= 0.3 is 0 Å². The number of halogens is 1. The summed E-state index contributed by atoms with van der Waals surface area (Å²) in [4.78, 5) is 12.6. The molecule has 0 amide bonds. The van der Waals surface area contributed by atoms with Gasteiger partial charge in [0.2, 0.25) is 0 Å². The number of Topliss-reactive ketones (excluding diaryl/α,β-unsaturated/α-hetero) is 1. The molecule has 0 aliphatic carbocycles. The van der Waals surface area contributed by atoms with E-state index >= 15 is 0 Å². The van der Waals surface area contributed by atoms with Gasteiger partial charge in [-0.3, -0.25) is 4.79 Å². The van der Waals surface area contributed by atoms with E-state index in [4.69, 9.17) is 26.2 Å². The molecule has 1 aliphatic heterocycles. The quantitative estimate of drug-likeness (QED) is 0.323. The van der Waals surface area contributed by atoms with E-state index in [1.807, 2.05) is 24.3 Å². The molecule has 9 heteroatoms. The first-order valence-electron chi connectivity index (χ1n) is 10.3. The van der Waals surface area contributed by atoms with Gasteiger partial charge in [0.25, 0.3) is 0 Å². The summed E-state index contributed by atoms with van der Waals surface area (Å²) in [7, 11) is 0. The largest absolute Gasteiger partial charge is 0.488 e. The van der Waals surface area contributed by atoms with Crippen LogP contribution in [0.25, 0.3) is 0 Å². The highest BCUT2D eigenvalue weighted by Gasteiger charge is 2.34. The number of hydrogen-bond donors (Lipinski definition) is 5. The van der Waals surface area contributed by atoms with E-state index in [9.17, 15) is 25.2 Å². The molecule has 174 valence electrons. The fraction of sp³-hybridized carbons (Fsp3) is 0.435. The molecular weight excluding hydrogens is 440 g/mol. The van der Waals surface area contributed by atoms with E-state index in [0.717, 1.165) is 17.7 Å². The van der Waals surface area contributed by atoms with Crippen LogP contribution in [-0.4, -0.2) is 81.7 Å². The Balaban J connectivity index is 1.69. The second-order valence-electron chi connectivity index (χ2n) is 7.77. The molecular formula is C23H27ClO8. The summed E-state index contributed by atoms with van der Waals surface area (Å²) in [6.45, 7) is 0.445. The van der Waals surface area contributed by atoms with Gasteiger partial charge < -0.3 is 35.0 Å². The van der Waals surface area contributed by atoms with E-state index < -0.39 is 36.8 Å². The Morgan fingerprint density at radius 1 is 1.09 bits per heavy atom. The fourth-order valence-corrected chi connectivity index (χ4v) is 3.60. The van der Waals surface area contributed by atoms with Crippen molar-refractivity contribution in [2.75, 3.05) is 19.8 Å². The number of aliphatic hydroxyl groups excluding tert-OH is 5. The average molecular weight is 467 g/mol. The highest BCUT2D eigenvalue weighted by atomic mass is 35.5. The van der Waals surface area contributed by atoms with Crippen molar-refractivity contribution < 1.29 is 39.8 Å². The van der Waals surface area contributed by atoms with Crippen molar-refractivity contribution in [3.63, 3.8) is 0 Å². The van der Waals surface area contributed by atoms with Crippen molar-refractivity contribution in [3.05, 3.63) is 64.2 Å². The van der Waals surface area contributed by atoms with Gasteiger partial charge in [0, 0.05) is 17.0 Å². The van der Waals surface area contributed by atoms with Gasteiger partial charge in [-0.25, -0.2) is 0 Å². The van der Waals surface area contributed by atoms with Crippen LogP contribution in [0.15, 0.2) is 42.5 Å². The molecule has 3 rings (SSSR count). The average Bonchev–Trinajstić information content (AvgIpc) is 3.32. The molecule has 1 heterocycles. The van der Waals surface area contributed by atoms with Crippen LogP contribution in [0.5, 0.6) is 5.75 Å². The number of ether oxygens (including phenoxy) is 2. The van der Waals surface area contributed by atoms with Crippen molar-refractivity contribution in [3.8, 4) is 5.75 Å². The Morgan fingerprint density at radius 3 is 2.44 bits per heavy atom. The predicted molar refractivity (Wildman–Crippen MR) is 116 cm³/mol. The lowest BCUT2D eigenvalue weighted by molar-refractivity contribution is -0.105. The molecule has 2 aromatic rings. The lowest BCUT2D eigenvalue weighted by Gasteiger charge is -2.25. The highest BCUT2D eigenvalue weighted by Crippen LogP contribution is 2.24. The first kappa shape index (κ1) is 24.6. The van der Waals surface area contributed by atoms with E-state index in [2.05, 4.69) is 0 Å². The van der Waals surface area contributed by atoms with Crippen LogP contribution in [0, 0.1) is 0 Å². The molecule has 1 saturated heterocycles. The summed E-state index contributed by atoms with van der Waals surface area (Å²) in [6, 6.07) is 11.9. The zero-order valence-corrected chi connectivity index (χ0v) is 18.1. The third kappa shape index (κ3) is 6.05.